The van der Waals surface area contributed by atoms with Crippen LogP contribution in [0.1, 0.15) is 30.9 Å². The van der Waals surface area contributed by atoms with E-state index in [2.05, 4.69) is 33.5 Å². The molecule has 4 heterocycles. The summed E-state index contributed by atoms with van der Waals surface area (Å²) in [4.78, 5) is 13.6. The summed E-state index contributed by atoms with van der Waals surface area (Å²) >= 11 is 0. The van der Waals surface area contributed by atoms with Crippen LogP contribution in [0.25, 0.3) is 38.7 Å². The van der Waals surface area contributed by atoms with Gasteiger partial charge in [0.1, 0.15) is 5.69 Å². The van der Waals surface area contributed by atoms with E-state index in [-0.39, 0.29) is 21.1 Å². The Kier molecular flexibility index (Phi) is 7.93. The molecule has 0 aliphatic carbocycles. The quantitative estimate of drug-likeness (QED) is 0.182. The molecule has 4 aromatic heterocycles. The predicted molar refractivity (Wildman–Crippen MR) is 154 cm³/mol. The van der Waals surface area contributed by atoms with Crippen LogP contribution in [0, 0.1) is 30.3 Å². The molecule has 0 saturated carbocycles. The zero-order valence-electron chi connectivity index (χ0n) is 22.6. The second-order valence-electron chi connectivity index (χ2n) is 9.81. The van der Waals surface area contributed by atoms with E-state index in [0.29, 0.717) is 34.0 Å². The van der Waals surface area contributed by atoms with Crippen molar-refractivity contribution >= 4 is 5.82 Å². The minimum absolute atomic E-state index is 0. The van der Waals surface area contributed by atoms with Gasteiger partial charge in [-0.05, 0) is 79.6 Å². The molecule has 6 aromatic rings. The molecule has 0 N–H and O–H groups in total. The number of benzene rings is 2. The summed E-state index contributed by atoms with van der Waals surface area (Å²) in [5.41, 5.74) is 5.09. The minimum Gasteiger partial charge on any atom is -0.334 e. The average molecular weight is 726 g/mol. The molecular formula is C33H22N8Pt. The van der Waals surface area contributed by atoms with Gasteiger partial charge in [0, 0.05) is 22.5 Å². The third-order valence-corrected chi connectivity index (χ3v) is 6.90. The van der Waals surface area contributed by atoms with Crippen LogP contribution in [0.2, 0.25) is 0 Å². The molecule has 0 amide bonds. The maximum atomic E-state index is 9.97. The van der Waals surface area contributed by atoms with Gasteiger partial charge in [0.25, 0.3) is 5.82 Å². The zero-order valence-corrected chi connectivity index (χ0v) is 24.9. The second-order valence-corrected chi connectivity index (χ2v) is 9.81. The molecule has 0 fully saturated rings. The molecule has 8 nitrogen and oxygen atoms in total. The summed E-state index contributed by atoms with van der Waals surface area (Å²) in [5, 5.41) is 18.7. The van der Waals surface area contributed by atoms with Gasteiger partial charge < -0.3 is 14.8 Å². The zero-order chi connectivity index (χ0) is 28.4. The molecule has 0 aliphatic heterocycles. The van der Waals surface area contributed by atoms with Gasteiger partial charge in [-0.1, -0.05) is 67.2 Å². The van der Waals surface area contributed by atoms with Gasteiger partial charge in [0.05, 0.1) is 11.8 Å². The molecular weight excluding hydrogens is 703 g/mol. The van der Waals surface area contributed by atoms with Gasteiger partial charge in [0.2, 0.25) is 0 Å². The Labute approximate surface area is 258 Å². The Morgan fingerprint density at radius 2 is 1.21 bits per heavy atom. The number of nitrogens with zero attached hydrogens (tertiary/aromatic N) is 8. The van der Waals surface area contributed by atoms with E-state index in [4.69, 9.17) is 16.5 Å². The first-order chi connectivity index (χ1) is 20.0. The number of aromatic nitrogens is 6. The average Bonchev–Trinajstić information content (AvgIpc) is 3.67. The van der Waals surface area contributed by atoms with Crippen LogP contribution in [0.5, 0.6) is 0 Å². The van der Waals surface area contributed by atoms with Crippen molar-refractivity contribution in [2.45, 2.75) is 19.3 Å². The van der Waals surface area contributed by atoms with E-state index in [1.807, 2.05) is 111 Å². The summed E-state index contributed by atoms with van der Waals surface area (Å²) in [6, 6.07) is 32.6. The molecule has 0 aliphatic rings. The van der Waals surface area contributed by atoms with Crippen LogP contribution in [0.15, 0.2) is 97.1 Å². The summed E-state index contributed by atoms with van der Waals surface area (Å²) in [7, 11) is 0. The van der Waals surface area contributed by atoms with E-state index >= 15 is 0 Å². The van der Waals surface area contributed by atoms with Gasteiger partial charge in [-0.2, -0.15) is 9.78 Å². The van der Waals surface area contributed by atoms with E-state index in [1.54, 1.807) is 9.36 Å². The Balaban J connectivity index is 0.00000353. The van der Waals surface area contributed by atoms with Crippen LogP contribution >= 0.6 is 0 Å². The van der Waals surface area contributed by atoms with Gasteiger partial charge in [0.15, 0.2) is 0 Å². The standard InChI is InChI=1S/C33H22N8.Pt/c1-33(2,30-18-10-16-27(38-30)25-21-36-40(29(25)20-34)23-12-6-4-7-13-23)31-19-11-17-28(39-31)26-22-37-41(32(26)35-3)24-14-8-5-9-15-24;/h4-19H,1-2H3;/q-2;+2. The number of nitriles is 1. The van der Waals surface area contributed by atoms with Crippen LogP contribution in [0.4, 0.5) is 5.82 Å². The Morgan fingerprint density at radius 3 is 1.76 bits per heavy atom. The molecule has 0 unspecified atom stereocenters. The Bertz CT molecular complexity index is 1800. The molecule has 9 heteroatoms. The smallest absolute Gasteiger partial charge is 0.334 e. The first-order valence-corrected chi connectivity index (χ1v) is 12.9. The Hall–Kier alpha value is -5.17. The van der Waals surface area contributed by atoms with Gasteiger partial charge >= 0.3 is 21.1 Å². The molecule has 0 bridgehead atoms. The monoisotopic (exact) mass is 725 g/mol. The van der Waals surface area contributed by atoms with Crippen molar-refractivity contribution < 1.29 is 21.1 Å². The molecule has 42 heavy (non-hydrogen) atoms. The van der Waals surface area contributed by atoms with Crippen molar-refractivity contribution in [1.29, 1.82) is 5.26 Å². The number of hydrogen-bond donors (Lipinski definition) is 0. The van der Waals surface area contributed by atoms with Crippen molar-refractivity contribution in [2.24, 2.45) is 0 Å². The fourth-order valence-corrected chi connectivity index (χ4v) is 4.65. The fraction of sp³-hybridized carbons (Fsp3) is 0.0909. The van der Waals surface area contributed by atoms with Crippen molar-refractivity contribution in [3.8, 4) is 40.0 Å². The third-order valence-electron chi connectivity index (χ3n) is 6.90. The summed E-state index contributed by atoms with van der Waals surface area (Å²) in [6.07, 6.45) is 5.98. The Morgan fingerprint density at radius 1 is 0.714 bits per heavy atom. The molecule has 204 valence electrons. The van der Waals surface area contributed by atoms with Crippen molar-refractivity contribution in [2.75, 3.05) is 0 Å². The SMILES string of the molecule is [C-]#[N+]c1c(-c2cccc(C(C)(C)c3cccc(-c4[c-]nn(-c5ccccc5)c4C#N)n3)n2)[c-]nn1-c1ccccc1.[Pt+2]. The minimum atomic E-state index is -0.609. The van der Waals surface area contributed by atoms with Gasteiger partial charge in [-0.3, -0.25) is 9.78 Å². The number of hydrogen-bond acceptors (Lipinski definition) is 5. The van der Waals surface area contributed by atoms with Gasteiger partial charge in [-0.15, -0.1) is 5.56 Å². The maximum Gasteiger partial charge on any atom is 2.00 e. The molecule has 6 rings (SSSR count). The largest absolute Gasteiger partial charge is 2.00 e. The number of pyridine rings is 2. The first-order valence-electron chi connectivity index (χ1n) is 12.9. The van der Waals surface area contributed by atoms with Crippen LogP contribution in [-0.4, -0.2) is 29.5 Å². The van der Waals surface area contributed by atoms with E-state index in [9.17, 15) is 5.26 Å². The molecule has 2 aromatic carbocycles. The first kappa shape index (κ1) is 28.4. The molecule has 0 atom stereocenters. The molecule has 0 spiro atoms. The van der Waals surface area contributed by atoms with E-state index in [1.165, 1.54) is 0 Å². The molecule has 0 saturated heterocycles. The summed E-state index contributed by atoms with van der Waals surface area (Å²) < 4.78 is 3.15. The van der Waals surface area contributed by atoms with E-state index in [0.717, 1.165) is 22.8 Å². The van der Waals surface area contributed by atoms with Crippen molar-refractivity contribution in [3.63, 3.8) is 0 Å². The predicted octanol–water partition coefficient (Wildman–Crippen LogP) is 6.53. The van der Waals surface area contributed by atoms with E-state index < -0.39 is 5.41 Å². The van der Waals surface area contributed by atoms with Crippen LogP contribution in [0.3, 0.4) is 0 Å². The fourth-order valence-electron chi connectivity index (χ4n) is 4.65. The van der Waals surface area contributed by atoms with Crippen molar-refractivity contribution in [1.82, 2.24) is 29.5 Å². The summed E-state index contributed by atoms with van der Waals surface area (Å²) in [6.45, 7) is 11.9. The topological polar surface area (TPSA) is 89.6 Å². The maximum absolute atomic E-state index is 9.97. The second kappa shape index (κ2) is 11.7. The number of rotatable bonds is 6. The third kappa shape index (κ3) is 5.05. The van der Waals surface area contributed by atoms with Gasteiger partial charge in [-0.25, -0.2) is 5.26 Å². The van der Waals surface area contributed by atoms with Crippen LogP contribution in [-0.2, 0) is 26.5 Å². The summed E-state index contributed by atoms with van der Waals surface area (Å²) in [5.74, 6) is 0.341. The number of para-hydroxylation sites is 2. The molecule has 0 radical (unpaired) electrons. The normalized spacial score (nSPS) is 10.9. The van der Waals surface area contributed by atoms with Crippen LogP contribution < -0.4 is 0 Å². The van der Waals surface area contributed by atoms with Crippen molar-refractivity contribution in [3.05, 3.63) is 138 Å².